The van der Waals surface area contributed by atoms with Crippen molar-refractivity contribution < 1.29 is 14.3 Å². The number of carbonyl (C=O) groups excluding carboxylic acids is 2. The number of nitrogens with zero attached hydrogens (tertiary/aromatic N) is 4. The van der Waals surface area contributed by atoms with E-state index in [9.17, 15) is 9.59 Å². The SMILES string of the molecule is C[C@@H](C(=O)Nc1ccc(N2CCOCC2)cc1)N1CCN(CC(=O)N2CCCC2)CC1. The molecule has 1 aromatic rings. The Labute approximate surface area is 185 Å². The second kappa shape index (κ2) is 10.4. The molecule has 4 rings (SSSR count). The minimum absolute atomic E-state index is 0.0146. The van der Waals surface area contributed by atoms with Crippen molar-refractivity contribution in [3.63, 3.8) is 0 Å². The normalized spacial score (nSPS) is 21.8. The van der Waals surface area contributed by atoms with Crippen LogP contribution in [0.2, 0.25) is 0 Å². The average molecular weight is 430 g/mol. The number of carbonyl (C=O) groups is 2. The molecule has 8 nitrogen and oxygen atoms in total. The van der Waals surface area contributed by atoms with Gasteiger partial charge >= 0.3 is 0 Å². The lowest BCUT2D eigenvalue weighted by Crippen LogP contribution is -2.54. The van der Waals surface area contributed by atoms with Gasteiger partial charge in [0.05, 0.1) is 25.8 Å². The van der Waals surface area contributed by atoms with E-state index in [4.69, 9.17) is 4.74 Å². The fraction of sp³-hybridized carbons (Fsp3) is 0.652. The summed E-state index contributed by atoms with van der Waals surface area (Å²) in [6.07, 6.45) is 2.25. The van der Waals surface area contributed by atoms with Crippen LogP contribution in [0.15, 0.2) is 24.3 Å². The van der Waals surface area contributed by atoms with Crippen LogP contribution in [-0.2, 0) is 14.3 Å². The monoisotopic (exact) mass is 429 g/mol. The van der Waals surface area contributed by atoms with Gasteiger partial charge in [-0.3, -0.25) is 19.4 Å². The number of rotatable bonds is 6. The zero-order chi connectivity index (χ0) is 21.6. The maximum absolute atomic E-state index is 12.8. The molecule has 0 bridgehead atoms. The van der Waals surface area contributed by atoms with Gasteiger partial charge in [-0.25, -0.2) is 0 Å². The third-order valence-electron chi connectivity index (χ3n) is 6.66. The van der Waals surface area contributed by atoms with Gasteiger partial charge in [-0.1, -0.05) is 0 Å². The Balaban J connectivity index is 1.22. The van der Waals surface area contributed by atoms with Crippen LogP contribution in [0.25, 0.3) is 0 Å². The van der Waals surface area contributed by atoms with Gasteiger partial charge in [-0.2, -0.15) is 0 Å². The third-order valence-corrected chi connectivity index (χ3v) is 6.66. The molecule has 170 valence electrons. The van der Waals surface area contributed by atoms with Crippen molar-refractivity contribution in [2.24, 2.45) is 0 Å². The van der Waals surface area contributed by atoms with Crippen LogP contribution in [0.4, 0.5) is 11.4 Å². The number of amides is 2. The largest absolute Gasteiger partial charge is 0.378 e. The lowest BCUT2D eigenvalue weighted by molar-refractivity contribution is -0.132. The first-order chi connectivity index (χ1) is 15.1. The van der Waals surface area contributed by atoms with Crippen molar-refractivity contribution in [1.82, 2.24) is 14.7 Å². The number of anilines is 2. The fourth-order valence-electron chi connectivity index (χ4n) is 4.56. The summed E-state index contributed by atoms with van der Waals surface area (Å²) in [7, 11) is 0. The van der Waals surface area contributed by atoms with Crippen molar-refractivity contribution in [2.75, 3.05) is 82.3 Å². The van der Waals surface area contributed by atoms with Gasteiger partial charge in [0.15, 0.2) is 0 Å². The quantitative estimate of drug-likeness (QED) is 0.730. The topological polar surface area (TPSA) is 68.4 Å². The predicted octanol–water partition coefficient (Wildman–Crippen LogP) is 1.09. The van der Waals surface area contributed by atoms with E-state index in [0.717, 1.165) is 89.8 Å². The summed E-state index contributed by atoms with van der Waals surface area (Å²) in [6.45, 7) is 10.9. The summed E-state index contributed by atoms with van der Waals surface area (Å²) in [6, 6.07) is 7.85. The number of ether oxygens (including phenoxy) is 1. The molecular formula is C23H35N5O3. The van der Waals surface area contributed by atoms with Crippen molar-refractivity contribution in [3.8, 4) is 0 Å². The molecule has 3 heterocycles. The molecule has 0 aromatic heterocycles. The molecule has 0 radical (unpaired) electrons. The number of nitrogens with one attached hydrogen (secondary N) is 1. The van der Waals surface area contributed by atoms with Gasteiger partial charge in [0.2, 0.25) is 11.8 Å². The third kappa shape index (κ3) is 5.75. The highest BCUT2D eigenvalue weighted by Crippen LogP contribution is 2.19. The van der Waals surface area contributed by atoms with Crippen LogP contribution in [0.1, 0.15) is 19.8 Å². The van der Waals surface area contributed by atoms with E-state index in [1.54, 1.807) is 0 Å². The highest BCUT2D eigenvalue weighted by Gasteiger charge is 2.28. The van der Waals surface area contributed by atoms with Gasteiger partial charge in [0.25, 0.3) is 0 Å². The minimum Gasteiger partial charge on any atom is -0.378 e. The van der Waals surface area contributed by atoms with Gasteiger partial charge in [0.1, 0.15) is 0 Å². The Morgan fingerprint density at radius 3 is 2.23 bits per heavy atom. The molecule has 2 amide bonds. The summed E-state index contributed by atoms with van der Waals surface area (Å²) in [4.78, 5) is 33.8. The number of morpholine rings is 1. The highest BCUT2D eigenvalue weighted by atomic mass is 16.5. The Hall–Kier alpha value is -2.16. The molecule has 3 fully saturated rings. The van der Waals surface area contributed by atoms with Crippen molar-refractivity contribution in [3.05, 3.63) is 24.3 Å². The standard InChI is InChI=1S/C23H35N5O3/c1-19(26-12-10-25(11-13-26)18-22(29)28-8-2-3-9-28)23(30)24-20-4-6-21(7-5-20)27-14-16-31-17-15-27/h4-7,19H,2-3,8-18H2,1H3,(H,24,30)/t19-/m0/s1. The smallest absolute Gasteiger partial charge is 0.241 e. The summed E-state index contributed by atoms with van der Waals surface area (Å²) < 4.78 is 5.41. The molecule has 0 spiro atoms. The first-order valence-corrected chi connectivity index (χ1v) is 11.6. The molecule has 0 unspecified atom stereocenters. The van der Waals surface area contributed by atoms with Crippen LogP contribution in [0, 0.1) is 0 Å². The van der Waals surface area contributed by atoms with Crippen LogP contribution in [-0.4, -0.2) is 105 Å². The molecule has 8 heteroatoms. The molecule has 3 saturated heterocycles. The maximum Gasteiger partial charge on any atom is 0.241 e. The van der Waals surface area contributed by atoms with E-state index >= 15 is 0 Å². The Kier molecular flexibility index (Phi) is 7.42. The van der Waals surface area contributed by atoms with Gasteiger partial charge in [-0.15, -0.1) is 0 Å². The molecule has 0 saturated carbocycles. The van der Waals surface area contributed by atoms with Crippen molar-refractivity contribution in [2.45, 2.75) is 25.8 Å². The Bertz CT molecular complexity index is 736. The summed E-state index contributed by atoms with van der Waals surface area (Å²) >= 11 is 0. The summed E-state index contributed by atoms with van der Waals surface area (Å²) in [5.41, 5.74) is 1.98. The summed E-state index contributed by atoms with van der Waals surface area (Å²) in [5.74, 6) is 0.262. The number of hydrogen-bond donors (Lipinski definition) is 1. The van der Waals surface area contributed by atoms with Gasteiger partial charge in [0, 0.05) is 63.7 Å². The first kappa shape index (κ1) is 22.0. The lowest BCUT2D eigenvalue weighted by Gasteiger charge is -2.37. The zero-order valence-corrected chi connectivity index (χ0v) is 18.6. The van der Waals surface area contributed by atoms with Crippen LogP contribution < -0.4 is 10.2 Å². The van der Waals surface area contributed by atoms with Gasteiger partial charge < -0.3 is 19.9 Å². The molecule has 1 atom stereocenters. The van der Waals surface area contributed by atoms with Crippen LogP contribution >= 0.6 is 0 Å². The Morgan fingerprint density at radius 2 is 1.58 bits per heavy atom. The van der Waals surface area contributed by atoms with Crippen LogP contribution in [0.5, 0.6) is 0 Å². The maximum atomic E-state index is 12.8. The molecule has 0 aliphatic carbocycles. The van der Waals surface area contributed by atoms with Crippen molar-refractivity contribution in [1.29, 1.82) is 0 Å². The first-order valence-electron chi connectivity index (χ1n) is 11.6. The second-order valence-electron chi connectivity index (χ2n) is 8.71. The van der Waals surface area contributed by atoms with E-state index in [-0.39, 0.29) is 17.9 Å². The number of benzene rings is 1. The lowest BCUT2D eigenvalue weighted by atomic mass is 10.2. The average Bonchev–Trinajstić information content (AvgIpc) is 3.35. The molecule has 1 aromatic carbocycles. The minimum atomic E-state index is -0.199. The molecule has 1 N–H and O–H groups in total. The zero-order valence-electron chi connectivity index (χ0n) is 18.6. The molecular weight excluding hydrogens is 394 g/mol. The summed E-state index contributed by atoms with van der Waals surface area (Å²) in [5, 5.41) is 3.05. The van der Waals surface area contributed by atoms with Crippen LogP contribution in [0.3, 0.4) is 0 Å². The number of hydrogen-bond acceptors (Lipinski definition) is 6. The number of likely N-dealkylation sites (tertiary alicyclic amines) is 1. The Morgan fingerprint density at radius 1 is 0.935 bits per heavy atom. The van der Waals surface area contributed by atoms with E-state index in [1.807, 2.05) is 24.0 Å². The van der Waals surface area contributed by atoms with Gasteiger partial charge in [-0.05, 0) is 44.0 Å². The fourth-order valence-corrected chi connectivity index (χ4v) is 4.56. The van der Waals surface area contributed by atoms with E-state index in [1.165, 1.54) is 0 Å². The highest BCUT2D eigenvalue weighted by molar-refractivity contribution is 5.94. The molecule has 3 aliphatic heterocycles. The molecule has 31 heavy (non-hydrogen) atoms. The molecule has 3 aliphatic rings. The van der Waals surface area contributed by atoms with E-state index in [0.29, 0.717) is 6.54 Å². The van der Waals surface area contributed by atoms with E-state index in [2.05, 4.69) is 32.1 Å². The predicted molar refractivity (Wildman–Crippen MR) is 121 cm³/mol. The van der Waals surface area contributed by atoms with Crippen molar-refractivity contribution >= 4 is 23.2 Å². The number of piperazine rings is 1. The van der Waals surface area contributed by atoms with E-state index < -0.39 is 0 Å². The second-order valence-corrected chi connectivity index (χ2v) is 8.71.